The van der Waals surface area contributed by atoms with Crippen LogP contribution in [0, 0.1) is 5.82 Å². The Labute approximate surface area is 90.3 Å². The van der Waals surface area contributed by atoms with Crippen LogP contribution in [0.2, 0.25) is 0 Å². The molecular weight excluding hydrogens is 289 g/mol. The predicted octanol–water partition coefficient (Wildman–Crippen LogP) is 3.71. The van der Waals surface area contributed by atoms with Crippen LogP contribution in [0.5, 0.6) is 0 Å². The van der Waals surface area contributed by atoms with Crippen molar-refractivity contribution in [3.63, 3.8) is 0 Å². The molecule has 0 aliphatic rings. The fraction of sp³-hybridized carbons (Fsp3) is 0.333. The van der Waals surface area contributed by atoms with E-state index in [0.717, 1.165) is 9.99 Å². The van der Waals surface area contributed by atoms with E-state index in [1.807, 2.05) is 13.0 Å². The van der Waals surface area contributed by atoms with Crippen LogP contribution in [0.3, 0.4) is 0 Å². The second kappa shape index (κ2) is 3.92. The number of rotatable bonds is 2. The summed E-state index contributed by atoms with van der Waals surface area (Å²) in [5.41, 5.74) is 0.832. The molecule has 66 valence electrons. The molecule has 0 saturated carbocycles. The third-order valence-electron chi connectivity index (χ3n) is 1.68. The van der Waals surface area contributed by atoms with Crippen molar-refractivity contribution in [2.24, 2.45) is 0 Å². The van der Waals surface area contributed by atoms with Gasteiger partial charge in [0.25, 0.3) is 0 Å². The minimum atomic E-state index is -0.456. The van der Waals surface area contributed by atoms with Crippen LogP contribution in [0.4, 0.5) is 4.39 Å². The fourth-order valence-corrected chi connectivity index (χ4v) is 1.45. The van der Waals surface area contributed by atoms with Gasteiger partial charge in [-0.15, -0.1) is 11.6 Å². The number of alkyl halides is 2. The molecule has 0 amide bonds. The van der Waals surface area contributed by atoms with Crippen molar-refractivity contribution < 1.29 is 4.39 Å². The van der Waals surface area contributed by atoms with E-state index in [0.29, 0.717) is 0 Å². The summed E-state index contributed by atoms with van der Waals surface area (Å²) in [6, 6.07) is 6.42. The highest BCUT2D eigenvalue weighted by atomic mass is 127. The minimum absolute atomic E-state index is 0.232. The molecule has 0 nitrogen and oxygen atoms in total. The van der Waals surface area contributed by atoms with Crippen LogP contribution in [0.15, 0.2) is 24.3 Å². The van der Waals surface area contributed by atoms with Crippen LogP contribution in [-0.2, 0) is 4.87 Å². The Kier molecular flexibility index (Phi) is 3.35. The molecule has 0 N–H and O–H groups in total. The van der Waals surface area contributed by atoms with Gasteiger partial charge in [0.05, 0.1) is 4.87 Å². The molecule has 0 radical (unpaired) electrons. The normalized spacial score (nSPS) is 15.7. The smallest absolute Gasteiger partial charge is 0.123 e. The summed E-state index contributed by atoms with van der Waals surface area (Å²) in [5.74, 6) is -0.232. The van der Waals surface area contributed by atoms with Crippen LogP contribution in [0.25, 0.3) is 0 Å². The van der Waals surface area contributed by atoms with E-state index in [1.165, 1.54) is 12.1 Å². The Hall–Kier alpha value is 0.170. The van der Waals surface area contributed by atoms with Gasteiger partial charge in [-0.05, 0) is 24.6 Å². The molecule has 12 heavy (non-hydrogen) atoms. The molecule has 0 bridgehead atoms. The van der Waals surface area contributed by atoms with Crippen LogP contribution < -0.4 is 0 Å². The van der Waals surface area contributed by atoms with Gasteiger partial charge in [0.15, 0.2) is 0 Å². The summed E-state index contributed by atoms with van der Waals surface area (Å²) in [6.07, 6.45) is 0. The van der Waals surface area contributed by atoms with Gasteiger partial charge < -0.3 is 0 Å². The van der Waals surface area contributed by atoms with Gasteiger partial charge in [0.2, 0.25) is 0 Å². The van der Waals surface area contributed by atoms with Gasteiger partial charge in [-0.3, -0.25) is 0 Å². The van der Waals surface area contributed by atoms with E-state index in [-0.39, 0.29) is 5.82 Å². The molecule has 0 fully saturated rings. The quantitative estimate of drug-likeness (QED) is 0.577. The second-order valence-corrected chi connectivity index (χ2v) is 4.44. The van der Waals surface area contributed by atoms with Gasteiger partial charge >= 0.3 is 0 Å². The standard InChI is InChI=1S/C9H9ClFI/c1-9(10,6-12)7-3-2-4-8(11)5-7/h2-5H,6H2,1H3. The van der Waals surface area contributed by atoms with Crippen LogP contribution in [-0.4, -0.2) is 4.43 Å². The zero-order valence-corrected chi connectivity index (χ0v) is 9.56. The minimum Gasteiger partial charge on any atom is -0.207 e. The fourth-order valence-electron chi connectivity index (χ4n) is 0.890. The van der Waals surface area contributed by atoms with E-state index in [9.17, 15) is 4.39 Å². The summed E-state index contributed by atoms with van der Waals surface area (Å²) >= 11 is 8.33. The molecule has 0 heterocycles. The van der Waals surface area contributed by atoms with Crippen molar-refractivity contribution in [1.82, 2.24) is 0 Å². The lowest BCUT2D eigenvalue weighted by Crippen LogP contribution is -2.15. The molecular formula is C9H9ClFI. The lowest BCUT2D eigenvalue weighted by Gasteiger charge is -2.19. The molecule has 3 heteroatoms. The van der Waals surface area contributed by atoms with Crippen molar-refractivity contribution in [3.05, 3.63) is 35.6 Å². The van der Waals surface area contributed by atoms with E-state index in [4.69, 9.17) is 11.6 Å². The lowest BCUT2D eigenvalue weighted by atomic mass is 10.0. The SMILES string of the molecule is CC(Cl)(CI)c1cccc(F)c1. The van der Waals surface area contributed by atoms with Gasteiger partial charge in [-0.2, -0.15) is 0 Å². The van der Waals surface area contributed by atoms with E-state index < -0.39 is 4.87 Å². The molecule has 0 saturated heterocycles. The summed E-state index contributed by atoms with van der Waals surface area (Å²) in [5, 5.41) is 0. The first-order chi connectivity index (χ1) is 5.56. The Bertz CT molecular complexity index is 273. The van der Waals surface area contributed by atoms with Gasteiger partial charge in [0.1, 0.15) is 5.82 Å². The van der Waals surface area contributed by atoms with Crippen molar-refractivity contribution in [2.45, 2.75) is 11.8 Å². The maximum absolute atomic E-state index is 12.8. The Morgan fingerprint density at radius 1 is 1.58 bits per heavy atom. The molecule has 1 aromatic carbocycles. The van der Waals surface area contributed by atoms with Crippen molar-refractivity contribution in [1.29, 1.82) is 0 Å². The second-order valence-electron chi connectivity index (χ2n) is 2.84. The molecule has 0 aromatic heterocycles. The van der Waals surface area contributed by atoms with Crippen molar-refractivity contribution in [2.75, 3.05) is 4.43 Å². The molecule has 0 spiro atoms. The average Bonchev–Trinajstić information content (AvgIpc) is 2.05. The third kappa shape index (κ3) is 2.33. The molecule has 0 aliphatic heterocycles. The maximum Gasteiger partial charge on any atom is 0.123 e. The number of hydrogen-bond donors (Lipinski definition) is 0. The van der Waals surface area contributed by atoms with Gasteiger partial charge in [0, 0.05) is 4.43 Å². The van der Waals surface area contributed by atoms with E-state index in [2.05, 4.69) is 22.6 Å². The highest BCUT2D eigenvalue weighted by molar-refractivity contribution is 14.1. The van der Waals surface area contributed by atoms with Crippen LogP contribution >= 0.6 is 34.2 Å². The highest BCUT2D eigenvalue weighted by Crippen LogP contribution is 2.30. The lowest BCUT2D eigenvalue weighted by molar-refractivity contribution is 0.621. The predicted molar refractivity (Wildman–Crippen MR) is 58.5 cm³/mol. The monoisotopic (exact) mass is 298 g/mol. The number of benzene rings is 1. The number of halogens is 3. The Morgan fingerprint density at radius 3 is 2.75 bits per heavy atom. The zero-order valence-electron chi connectivity index (χ0n) is 6.65. The third-order valence-corrected chi connectivity index (χ3v) is 4.01. The van der Waals surface area contributed by atoms with Gasteiger partial charge in [-0.25, -0.2) is 4.39 Å². The summed E-state index contributed by atoms with van der Waals surface area (Å²) in [4.78, 5) is -0.456. The summed E-state index contributed by atoms with van der Waals surface area (Å²) < 4.78 is 13.5. The highest BCUT2D eigenvalue weighted by Gasteiger charge is 2.21. The topological polar surface area (TPSA) is 0 Å². The van der Waals surface area contributed by atoms with E-state index >= 15 is 0 Å². The first-order valence-electron chi connectivity index (χ1n) is 3.57. The first-order valence-corrected chi connectivity index (χ1v) is 5.47. The largest absolute Gasteiger partial charge is 0.207 e. The molecule has 1 rings (SSSR count). The van der Waals surface area contributed by atoms with Crippen molar-refractivity contribution >= 4 is 34.2 Å². The van der Waals surface area contributed by atoms with Gasteiger partial charge in [-0.1, -0.05) is 34.7 Å². The summed E-state index contributed by atoms with van der Waals surface area (Å²) in [6.45, 7) is 1.88. The molecule has 1 aromatic rings. The molecule has 1 unspecified atom stereocenters. The molecule has 0 aliphatic carbocycles. The van der Waals surface area contributed by atoms with Crippen molar-refractivity contribution in [3.8, 4) is 0 Å². The average molecular weight is 299 g/mol. The maximum atomic E-state index is 12.8. The van der Waals surface area contributed by atoms with E-state index in [1.54, 1.807) is 6.07 Å². The van der Waals surface area contributed by atoms with Crippen LogP contribution in [0.1, 0.15) is 12.5 Å². The molecule has 1 atom stereocenters. The Balaban J connectivity index is 3.03. The summed E-state index contributed by atoms with van der Waals surface area (Å²) in [7, 11) is 0. The Morgan fingerprint density at radius 2 is 2.25 bits per heavy atom. The zero-order chi connectivity index (χ0) is 9.19. The first kappa shape index (κ1) is 10.3. The number of hydrogen-bond acceptors (Lipinski definition) is 0.